The van der Waals surface area contributed by atoms with Crippen molar-refractivity contribution in [2.75, 3.05) is 7.11 Å². The molecule has 1 aliphatic rings. The van der Waals surface area contributed by atoms with Crippen molar-refractivity contribution >= 4 is 23.0 Å². The molecule has 7 heteroatoms. The molecule has 3 aromatic rings. The Morgan fingerprint density at radius 2 is 2.00 bits per heavy atom. The Hall–Kier alpha value is -3.22. The molecule has 0 radical (unpaired) electrons. The number of carbonyl (C=O) groups is 2. The molecule has 1 fully saturated rings. The van der Waals surface area contributed by atoms with Crippen LogP contribution in [0.4, 0.5) is 0 Å². The minimum Gasteiger partial charge on any atom is -0.465 e. The number of aromatic nitrogens is 3. The van der Waals surface area contributed by atoms with E-state index >= 15 is 0 Å². The average Bonchev–Trinajstić information content (AvgIpc) is 3.49. The molecule has 2 heterocycles. The lowest BCUT2D eigenvalue weighted by Gasteiger charge is -2.10. The van der Waals surface area contributed by atoms with E-state index < -0.39 is 11.9 Å². The van der Waals surface area contributed by atoms with Crippen molar-refractivity contribution in [3.63, 3.8) is 0 Å². The zero-order valence-electron chi connectivity index (χ0n) is 16.7. The Labute approximate surface area is 168 Å². The molecule has 0 amide bonds. The van der Waals surface area contributed by atoms with E-state index in [4.69, 9.17) is 14.5 Å². The number of benzene rings is 1. The van der Waals surface area contributed by atoms with Crippen LogP contribution < -0.4 is 0 Å². The lowest BCUT2D eigenvalue weighted by Crippen LogP contribution is -2.09. The summed E-state index contributed by atoms with van der Waals surface area (Å²) >= 11 is 0. The minimum atomic E-state index is -0.427. The predicted molar refractivity (Wildman–Crippen MR) is 107 cm³/mol. The van der Waals surface area contributed by atoms with Gasteiger partial charge in [0.15, 0.2) is 5.65 Å². The van der Waals surface area contributed by atoms with Crippen LogP contribution in [0.3, 0.4) is 0 Å². The average molecular weight is 393 g/mol. The highest BCUT2D eigenvalue weighted by molar-refractivity contribution is 6.02. The van der Waals surface area contributed by atoms with Gasteiger partial charge in [0.2, 0.25) is 0 Å². The number of ether oxygens (including phenoxy) is 2. The quantitative estimate of drug-likeness (QED) is 0.588. The number of carbonyl (C=O) groups excluding carboxylic acids is 2. The second-order valence-corrected chi connectivity index (χ2v) is 7.56. The van der Waals surface area contributed by atoms with Crippen molar-refractivity contribution in [3.05, 3.63) is 58.9 Å². The summed E-state index contributed by atoms with van der Waals surface area (Å²) in [6.07, 6.45) is 3.85. The molecule has 1 aliphatic carbocycles. The van der Waals surface area contributed by atoms with Crippen molar-refractivity contribution in [2.24, 2.45) is 0 Å². The van der Waals surface area contributed by atoms with E-state index in [2.05, 4.69) is 5.10 Å². The largest absolute Gasteiger partial charge is 0.465 e. The number of rotatable bonds is 6. The fraction of sp³-hybridized carbons (Fsp3) is 0.364. The van der Waals surface area contributed by atoms with Gasteiger partial charge < -0.3 is 9.47 Å². The maximum absolute atomic E-state index is 12.9. The summed E-state index contributed by atoms with van der Waals surface area (Å²) < 4.78 is 12.1. The third-order valence-electron chi connectivity index (χ3n) is 5.01. The molecular weight excluding hydrogens is 370 g/mol. The van der Waals surface area contributed by atoms with Gasteiger partial charge in [0, 0.05) is 17.7 Å². The lowest BCUT2D eigenvalue weighted by atomic mass is 10.1. The first-order valence-electron chi connectivity index (χ1n) is 9.70. The number of nitrogens with zero attached hydrogens (tertiary/aromatic N) is 3. The summed E-state index contributed by atoms with van der Waals surface area (Å²) in [6.45, 7) is 4.12. The van der Waals surface area contributed by atoms with Crippen molar-refractivity contribution in [1.29, 1.82) is 0 Å². The fourth-order valence-corrected chi connectivity index (χ4v) is 3.31. The molecule has 0 N–H and O–H groups in total. The van der Waals surface area contributed by atoms with Gasteiger partial charge in [-0.2, -0.15) is 5.10 Å². The van der Waals surface area contributed by atoms with Gasteiger partial charge >= 0.3 is 11.9 Å². The van der Waals surface area contributed by atoms with E-state index in [1.165, 1.54) is 7.11 Å². The highest BCUT2D eigenvalue weighted by atomic mass is 16.5. The molecule has 29 heavy (non-hydrogen) atoms. The van der Waals surface area contributed by atoms with Crippen LogP contribution in [0.15, 0.2) is 36.5 Å². The number of hydrogen-bond donors (Lipinski definition) is 0. The minimum absolute atomic E-state index is 0.0601. The second kappa shape index (κ2) is 7.66. The number of hydrogen-bond acceptors (Lipinski definition) is 6. The maximum atomic E-state index is 12.9. The van der Waals surface area contributed by atoms with Crippen molar-refractivity contribution in [1.82, 2.24) is 14.8 Å². The van der Waals surface area contributed by atoms with E-state index in [0.717, 1.165) is 18.5 Å². The molecule has 0 unspecified atom stereocenters. The van der Waals surface area contributed by atoms with E-state index in [-0.39, 0.29) is 12.6 Å². The Balaban J connectivity index is 1.61. The topological polar surface area (TPSA) is 83.3 Å². The molecule has 1 saturated carbocycles. The van der Waals surface area contributed by atoms with Crippen molar-refractivity contribution in [2.45, 2.75) is 45.3 Å². The van der Waals surface area contributed by atoms with Crippen LogP contribution in [0, 0.1) is 0 Å². The fourth-order valence-electron chi connectivity index (χ4n) is 3.31. The summed E-state index contributed by atoms with van der Waals surface area (Å²) in [5.74, 6) is -0.450. The van der Waals surface area contributed by atoms with Gasteiger partial charge in [-0.3, -0.25) is 0 Å². The first-order valence-corrected chi connectivity index (χ1v) is 9.70. The van der Waals surface area contributed by atoms with Crippen LogP contribution in [0.5, 0.6) is 0 Å². The Kier molecular flexibility index (Phi) is 5.05. The van der Waals surface area contributed by atoms with Crippen molar-refractivity contribution < 1.29 is 19.1 Å². The van der Waals surface area contributed by atoms with Crippen LogP contribution in [0.1, 0.15) is 70.6 Å². The zero-order valence-corrected chi connectivity index (χ0v) is 16.7. The van der Waals surface area contributed by atoms with E-state index in [0.29, 0.717) is 33.6 Å². The standard InChI is InChI=1S/C22H23N3O4/c1-13(2)25-20-18(11-23-25)17(10-19(24-20)15-7-8-15)22(27)29-12-14-5-4-6-16(9-14)21(26)28-3/h4-6,9-11,13,15H,7-8,12H2,1-3H3. The van der Waals surface area contributed by atoms with Gasteiger partial charge in [0.1, 0.15) is 6.61 Å². The first-order chi connectivity index (χ1) is 14.0. The number of methoxy groups -OCH3 is 1. The van der Waals surface area contributed by atoms with Crippen LogP contribution in [0.2, 0.25) is 0 Å². The Morgan fingerprint density at radius 3 is 2.69 bits per heavy atom. The van der Waals surface area contributed by atoms with Gasteiger partial charge in [0.25, 0.3) is 0 Å². The molecule has 150 valence electrons. The molecule has 0 atom stereocenters. The van der Waals surface area contributed by atoms with Gasteiger partial charge in [-0.15, -0.1) is 0 Å². The van der Waals surface area contributed by atoms with Crippen LogP contribution in [-0.4, -0.2) is 33.8 Å². The Bertz CT molecular complexity index is 1080. The SMILES string of the molecule is COC(=O)c1cccc(COC(=O)c2cc(C3CC3)nc3c2cnn3C(C)C)c1. The molecular formula is C22H23N3O4. The third-order valence-corrected chi connectivity index (χ3v) is 5.01. The molecule has 0 bridgehead atoms. The van der Waals surface area contributed by atoms with Crippen molar-refractivity contribution in [3.8, 4) is 0 Å². The van der Waals surface area contributed by atoms with E-state index in [1.807, 2.05) is 24.6 Å². The monoisotopic (exact) mass is 393 g/mol. The number of fused-ring (bicyclic) bond motifs is 1. The number of pyridine rings is 1. The summed E-state index contributed by atoms with van der Waals surface area (Å²) in [5, 5.41) is 5.10. The summed E-state index contributed by atoms with van der Waals surface area (Å²) in [7, 11) is 1.33. The highest BCUT2D eigenvalue weighted by Crippen LogP contribution is 2.40. The summed E-state index contributed by atoms with van der Waals surface area (Å²) in [6, 6.07) is 8.82. The van der Waals surface area contributed by atoms with Crippen LogP contribution in [-0.2, 0) is 16.1 Å². The van der Waals surface area contributed by atoms with Gasteiger partial charge in [0.05, 0.1) is 29.8 Å². The molecule has 7 nitrogen and oxygen atoms in total. The molecule has 4 rings (SSSR count). The van der Waals surface area contributed by atoms with Gasteiger partial charge in [-0.25, -0.2) is 19.3 Å². The smallest absolute Gasteiger partial charge is 0.339 e. The van der Waals surface area contributed by atoms with E-state index in [9.17, 15) is 9.59 Å². The maximum Gasteiger partial charge on any atom is 0.339 e. The number of esters is 2. The molecule has 1 aromatic carbocycles. The second-order valence-electron chi connectivity index (χ2n) is 7.56. The van der Waals surface area contributed by atoms with Gasteiger partial charge in [-0.05, 0) is 50.5 Å². The zero-order chi connectivity index (χ0) is 20.5. The molecule has 0 spiro atoms. The van der Waals surface area contributed by atoms with Crippen LogP contribution >= 0.6 is 0 Å². The molecule has 0 aliphatic heterocycles. The highest BCUT2D eigenvalue weighted by Gasteiger charge is 2.28. The summed E-state index contributed by atoms with van der Waals surface area (Å²) in [5.41, 5.74) is 3.24. The molecule has 2 aromatic heterocycles. The predicted octanol–water partition coefficient (Wildman–Crippen LogP) is 4.03. The van der Waals surface area contributed by atoms with Gasteiger partial charge in [-0.1, -0.05) is 12.1 Å². The Morgan fingerprint density at radius 1 is 1.21 bits per heavy atom. The first kappa shape index (κ1) is 19.1. The third kappa shape index (κ3) is 3.85. The normalized spacial score (nSPS) is 13.7. The van der Waals surface area contributed by atoms with Crippen LogP contribution in [0.25, 0.3) is 11.0 Å². The van der Waals surface area contributed by atoms with E-state index in [1.54, 1.807) is 30.5 Å². The lowest BCUT2D eigenvalue weighted by molar-refractivity contribution is 0.0475. The summed E-state index contributed by atoms with van der Waals surface area (Å²) in [4.78, 5) is 29.4. The molecule has 0 saturated heterocycles.